The van der Waals surface area contributed by atoms with Crippen LogP contribution in [0.1, 0.15) is 5.56 Å². The van der Waals surface area contributed by atoms with Crippen molar-refractivity contribution in [2.24, 2.45) is 0 Å². The van der Waals surface area contributed by atoms with Crippen molar-refractivity contribution in [1.82, 2.24) is 15.0 Å². The van der Waals surface area contributed by atoms with Crippen LogP contribution in [-0.2, 0) is 12.7 Å². The summed E-state index contributed by atoms with van der Waals surface area (Å²) >= 11 is 0. The maximum atomic E-state index is 12.9. The molecule has 130 valence electrons. The first kappa shape index (κ1) is 17.0. The monoisotopic (exact) mass is 348 g/mol. The number of rotatable bonds is 5. The van der Waals surface area contributed by atoms with Crippen LogP contribution in [-0.4, -0.2) is 26.7 Å². The largest absolute Gasteiger partial charge is 0.416 e. The zero-order valence-corrected chi connectivity index (χ0v) is 13.0. The van der Waals surface area contributed by atoms with E-state index in [0.29, 0.717) is 29.2 Å². The standard InChI is InChI=1S/C17H15F3N4O/c18-17(19,20)12-4-3-5-13(10-12)21-15-7-2-1-6-14(15)16-11-24(8-9-25)23-22-16/h1-7,10-11,21,25H,8-9H2. The van der Waals surface area contributed by atoms with Gasteiger partial charge in [-0.2, -0.15) is 13.2 Å². The van der Waals surface area contributed by atoms with Crippen LogP contribution in [0.3, 0.4) is 0 Å². The average molecular weight is 348 g/mol. The van der Waals surface area contributed by atoms with Crippen molar-refractivity contribution in [3.63, 3.8) is 0 Å². The van der Waals surface area contributed by atoms with Crippen LogP contribution in [0.5, 0.6) is 0 Å². The number of benzene rings is 2. The lowest BCUT2D eigenvalue weighted by atomic mass is 10.1. The minimum Gasteiger partial charge on any atom is -0.394 e. The Morgan fingerprint density at radius 3 is 2.64 bits per heavy atom. The zero-order valence-electron chi connectivity index (χ0n) is 13.0. The quantitative estimate of drug-likeness (QED) is 0.738. The van der Waals surface area contributed by atoms with Crippen LogP contribution < -0.4 is 5.32 Å². The summed E-state index contributed by atoms with van der Waals surface area (Å²) in [6.07, 6.45) is -2.73. The van der Waals surface area contributed by atoms with Crippen LogP contribution in [0.2, 0.25) is 0 Å². The normalized spacial score (nSPS) is 11.5. The number of anilines is 2. The molecule has 1 heterocycles. The Bertz CT molecular complexity index is 861. The van der Waals surface area contributed by atoms with Crippen molar-refractivity contribution in [3.8, 4) is 11.3 Å². The Labute approximate surface area is 141 Å². The molecule has 0 aliphatic carbocycles. The van der Waals surface area contributed by atoms with Gasteiger partial charge in [-0.15, -0.1) is 5.10 Å². The predicted molar refractivity (Wildman–Crippen MR) is 87.3 cm³/mol. The van der Waals surface area contributed by atoms with Gasteiger partial charge < -0.3 is 10.4 Å². The first-order chi connectivity index (χ1) is 12.0. The molecule has 8 heteroatoms. The number of alkyl halides is 3. The summed E-state index contributed by atoms with van der Waals surface area (Å²) in [5.41, 5.74) is 1.47. The third-order valence-corrected chi connectivity index (χ3v) is 3.54. The highest BCUT2D eigenvalue weighted by Gasteiger charge is 2.30. The summed E-state index contributed by atoms with van der Waals surface area (Å²) in [6, 6.07) is 12.1. The van der Waals surface area contributed by atoms with E-state index in [1.807, 2.05) is 0 Å². The molecule has 0 aliphatic rings. The van der Waals surface area contributed by atoms with E-state index >= 15 is 0 Å². The van der Waals surface area contributed by atoms with Gasteiger partial charge in [-0.3, -0.25) is 0 Å². The smallest absolute Gasteiger partial charge is 0.394 e. The molecular formula is C17H15F3N4O. The van der Waals surface area contributed by atoms with Gasteiger partial charge in [-0.1, -0.05) is 29.5 Å². The van der Waals surface area contributed by atoms with Crippen molar-refractivity contribution in [1.29, 1.82) is 0 Å². The second-order valence-electron chi connectivity index (χ2n) is 5.34. The molecule has 3 rings (SSSR count). The molecule has 5 nitrogen and oxygen atoms in total. The van der Waals surface area contributed by atoms with Gasteiger partial charge in [-0.25, -0.2) is 4.68 Å². The Morgan fingerprint density at radius 2 is 1.88 bits per heavy atom. The first-order valence-corrected chi connectivity index (χ1v) is 7.52. The van der Waals surface area contributed by atoms with Crippen LogP contribution in [0.25, 0.3) is 11.3 Å². The Kier molecular flexibility index (Phi) is 4.71. The molecular weight excluding hydrogens is 333 g/mol. The van der Waals surface area contributed by atoms with Crippen molar-refractivity contribution in [2.75, 3.05) is 11.9 Å². The fraction of sp³-hybridized carbons (Fsp3) is 0.176. The fourth-order valence-corrected chi connectivity index (χ4v) is 2.38. The summed E-state index contributed by atoms with van der Waals surface area (Å²) in [4.78, 5) is 0. The topological polar surface area (TPSA) is 63.0 Å². The van der Waals surface area contributed by atoms with Gasteiger partial charge in [0.15, 0.2) is 0 Å². The summed E-state index contributed by atoms with van der Waals surface area (Å²) in [5.74, 6) is 0. The third-order valence-electron chi connectivity index (χ3n) is 3.54. The van der Waals surface area contributed by atoms with Crippen molar-refractivity contribution >= 4 is 11.4 Å². The number of nitrogens with one attached hydrogen (secondary N) is 1. The molecule has 0 fully saturated rings. The van der Waals surface area contributed by atoms with Crippen LogP contribution in [0.4, 0.5) is 24.5 Å². The Morgan fingerprint density at radius 1 is 1.08 bits per heavy atom. The van der Waals surface area contributed by atoms with Gasteiger partial charge in [-0.05, 0) is 24.3 Å². The molecule has 0 radical (unpaired) electrons. The summed E-state index contributed by atoms with van der Waals surface area (Å²) in [5, 5.41) is 19.9. The summed E-state index contributed by atoms with van der Waals surface area (Å²) in [6.45, 7) is 0.253. The number of aromatic nitrogens is 3. The highest BCUT2D eigenvalue weighted by Crippen LogP contribution is 2.33. The number of para-hydroxylation sites is 1. The minimum absolute atomic E-state index is 0.0626. The lowest BCUT2D eigenvalue weighted by molar-refractivity contribution is -0.137. The maximum Gasteiger partial charge on any atom is 0.416 e. The number of aliphatic hydroxyl groups is 1. The number of halogens is 3. The SMILES string of the molecule is OCCn1cc(-c2ccccc2Nc2cccc(C(F)(F)F)c2)nn1. The van der Waals surface area contributed by atoms with Crippen LogP contribution in [0, 0.1) is 0 Å². The van der Waals surface area contributed by atoms with Gasteiger partial charge >= 0.3 is 6.18 Å². The Balaban J connectivity index is 1.91. The number of nitrogens with zero attached hydrogens (tertiary/aromatic N) is 3. The second-order valence-corrected chi connectivity index (χ2v) is 5.34. The van der Waals surface area contributed by atoms with Gasteiger partial charge in [0.1, 0.15) is 5.69 Å². The lowest BCUT2D eigenvalue weighted by Crippen LogP contribution is -2.05. The maximum absolute atomic E-state index is 12.9. The van der Waals surface area contributed by atoms with E-state index in [-0.39, 0.29) is 6.61 Å². The van der Waals surface area contributed by atoms with Gasteiger partial charge in [0.2, 0.25) is 0 Å². The van der Waals surface area contributed by atoms with Gasteiger partial charge in [0.05, 0.1) is 24.9 Å². The first-order valence-electron chi connectivity index (χ1n) is 7.52. The van der Waals surface area contributed by atoms with E-state index < -0.39 is 11.7 Å². The number of hydrogen-bond donors (Lipinski definition) is 2. The molecule has 2 N–H and O–H groups in total. The Hall–Kier alpha value is -2.87. The van der Waals surface area contributed by atoms with E-state index in [0.717, 1.165) is 12.1 Å². The van der Waals surface area contributed by atoms with Crippen LogP contribution in [0.15, 0.2) is 54.7 Å². The molecule has 0 saturated carbocycles. The highest BCUT2D eigenvalue weighted by atomic mass is 19.4. The third kappa shape index (κ3) is 3.97. The van der Waals surface area contributed by atoms with Crippen molar-refractivity contribution in [3.05, 3.63) is 60.3 Å². The van der Waals surface area contributed by atoms with Gasteiger partial charge in [0, 0.05) is 16.9 Å². The molecule has 25 heavy (non-hydrogen) atoms. The molecule has 0 aliphatic heterocycles. The van der Waals surface area contributed by atoms with E-state index in [4.69, 9.17) is 5.11 Å². The molecule has 2 aromatic carbocycles. The zero-order chi connectivity index (χ0) is 17.9. The molecule has 0 saturated heterocycles. The van der Waals surface area contributed by atoms with E-state index in [1.165, 1.54) is 10.7 Å². The average Bonchev–Trinajstić information content (AvgIpc) is 3.04. The van der Waals surface area contributed by atoms with E-state index in [1.54, 1.807) is 36.5 Å². The highest BCUT2D eigenvalue weighted by molar-refractivity contribution is 5.78. The van der Waals surface area contributed by atoms with Crippen molar-refractivity contribution < 1.29 is 18.3 Å². The molecule has 0 atom stereocenters. The van der Waals surface area contributed by atoms with Crippen molar-refractivity contribution in [2.45, 2.75) is 12.7 Å². The second kappa shape index (κ2) is 6.94. The molecule has 1 aromatic heterocycles. The predicted octanol–water partition coefficient (Wildman–Crippen LogP) is 3.70. The molecule has 0 unspecified atom stereocenters. The molecule has 0 bridgehead atoms. The minimum atomic E-state index is -4.40. The fourth-order valence-electron chi connectivity index (χ4n) is 2.38. The van der Waals surface area contributed by atoms with E-state index in [2.05, 4.69) is 15.6 Å². The lowest BCUT2D eigenvalue weighted by Gasteiger charge is -2.13. The molecule has 3 aromatic rings. The summed E-state index contributed by atoms with van der Waals surface area (Å²) < 4.78 is 40.1. The number of hydrogen-bond acceptors (Lipinski definition) is 4. The molecule has 0 amide bonds. The van der Waals surface area contributed by atoms with Crippen LogP contribution >= 0.6 is 0 Å². The summed E-state index contributed by atoms with van der Waals surface area (Å²) in [7, 11) is 0. The van der Waals surface area contributed by atoms with Gasteiger partial charge in [0.25, 0.3) is 0 Å². The molecule has 0 spiro atoms. The van der Waals surface area contributed by atoms with E-state index in [9.17, 15) is 13.2 Å². The number of aliphatic hydroxyl groups excluding tert-OH is 1.